The lowest BCUT2D eigenvalue weighted by atomic mass is 10.1. The van der Waals surface area contributed by atoms with Crippen LogP contribution in [0.4, 0.5) is 0 Å². The van der Waals surface area contributed by atoms with E-state index in [0.717, 1.165) is 22.6 Å². The summed E-state index contributed by atoms with van der Waals surface area (Å²) in [6.45, 7) is 0.454. The molecule has 0 amide bonds. The van der Waals surface area contributed by atoms with Crippen molar-refractivity contribution in [2.45, 2.75) is 19.0 Å². The molecule has 26 heavy (non-hydrogen) atoms. The van der Waals surface area contributed by atoms with Crippen LogP contribution in [0, 0.1) is 0 Å². The van der Waals surface area contributed by atoms with Crippen LogP contribution in [0.15, 0.2) is 84.9 Å². The zero-order valence-electron chi connectivity index (χ0n) is 14.3. The maximum atomic E-state index is 11.5. The minimum atomic E-state index is -0.856. The Morgan fingerprint density at radius 1 is 0.846 bits per heavy atom. The van der Waals surface area contributed by atoms with E-state index < -0.39 is 12.0 Å². The van der Waals surface area contributed by atoms with Gasteiger partial charge in [-0.3, -0.25) is 4.79 Å². The molecule has 1 unspecified atom stereocenters. The molecule has 0 saturated carbocycles. The molecule has 0 aromatic heterocycles. The fourth-order valence-corrected chi connectivity index (χ4v) is 2.68. The molecule has 1 atom stereocenters. The van der Waals surface area contributed by atoms with Gasteiger partial charge in [0.1, 0.15) is 17.5 Å². The molecule has 0 aliphatic heterocycles. The van der Waals surface area contributed by atoms with Gasteiger partial charge in [0.05, 0.1) is 0 Å². The lowest BCUT2D eigenvalue weighted by molar-refractivity contribution is -0.139. The fraction of sp³-hybridized carbons (Fsp3) is 0.136. The number of benzene rings is 3. The lowest BCUT2D eigenvalue weighted by Crippen LogP contribution is -2.38. The van der Waals surface area contributed by atoms with E-state index in [0.29, 0.717) is 13.0 Å². The van der Waals surface area contributed by atoms with Crippen LogP contribution < -0.4 is 10.1 Å². The van der Waals surface area contributed by atoms with E-state index in [1.54, 1.807) is 0 Å². The van der Waals surface area contributed by atoms with Gasteiger partial charge in [0.25, 0.3) is 0 Å². The van der Waals surface area contributed by atoms with Crippen LogP contribution in [0.1, 0.15) is 11.1 Å². The second kappa shape index (κ2) is 8.83. The average molecular weight is 347 g/mol. The molecule has 0 heterocycles. The molecule has 0 spiro atoms. The largest absolute Gasteiger partial charge is 0.480 e. The monoisotopic (exact) mass is 347 g/mol. The van der Waals surface area contributed by atoms with Crippen LogP contribution in [0.5, 0.6) is 11.5 Å². The van der Waals surface area contributed by atoms with Crippen molar-refractivity contribution in [3.05, 3.63) is 96.1 Å². The normalized spacial score (nSPS) is 11.7. The van der Waals surface area contributed by atoms with E-state index in [4.69, 9.17) is 4.74 Å². The van der Waals surface area contributed by atoms with E-state index in [1.165, 1.54) is 0 Å². The van der Waals surface area contributed by atoms with Crippen molar-refractivity contribution in [2.75, 3.05) is 0 Å². The predicted molar refractivity (Wildman–Crippen MR) is 101 cm³/mol. The Hall–Kier alpha value is -3.11. The van der Waals surface area contributed by atoms with Crippen LogP contribution in [0.3, 0.4) is 0 Å². The van der Waals surface area contributed by atoms with Crippen LogP contribution >= 0.6 is 0 Å². The van der Waals surface area contributed by atoms with Gasteiger partial charge in [0.15, 0.2) is 0 Å². The number of hydrogen-bond donors (Lipinski definition) is 2. The molecule has 0 aliphatic rings. The first-order valence-electron chi connectivity index (χ1n) is 8.52. The summed E-state index contributed by atoms with van der Waals surface area (Å²) < 4.78 is 5.82. The molecule has 4 heteroatoms. The topological polar surface area (TPSA) is 58.6 Å². The Labute approximate surface area is 153 Å². The Balaban J connectivity index is 1.62. The highest BCUT2D eigenvalue weighted by Gasteiger charge is 2.17. The van der Waals surface area contributed by atoms with Gasteiger partial charge in [-0.05, 0) is 41.8 Å². The lowest BCUT2D eigenvalue weighted by Gasteiger charge is -2.15. The van der Waals surface area contributed by atoms with Crippen molar-refractivity contribution < 1.29 is 14.6 Å². The van der Waals surface area contributed by atoms with Gasteiger partial charge in [-0.25, -0.2) is 0 Å². The van der Waals surface area contributed by atoms with Crippen LogP contribution in [-0.2, 0) is 17.8 Å². The third-order valence-electron chi connectivity index (χ3n) is 4.01. The number of carboxylic acids is 1. The van der Waals surface area contributed by atoms with Crippen LogP contribution in [0.2, 0.25) is 0 Å². The number of hydrogen-bond acceptors (Lipinski definition) is 3. The minimum absolute atomic E-state index is 0.441. The van der Waals surface area contributed by atoms with E-state index in [2.05, 4.69) is 5.32 Å². The molecule has 3 rings (SSSR count). The highest BCUT2D eigenvalue weighted by molar-refractivity contribution is 5.73. The zero-order valence-corrected chi connectivity index (χ0v) is 14.3. The van der Waals surface area contributed by atoms with Crippen LogP contribution in [0.25, 0.3) is 0 Å². The zero-order chi connectivity index (χ0) is 18.2. The van der Waals surface area contributed by atoms with Gasteiger partial charge in [0.2, 0.25) is 0 Å². The number of rotatable bonds is 8. The number of nitrogens with one attached hydrogen (secondary N) is 1. The van der Waals surface area contributed by atoms with Gasteiger partial charge in [0, 0.05) is 6.54 Å². The number of aliphatic carboxylic acids is 1. The molecular weight excluding hydrogens is 326 g/mol. The molecule has 4 nitrogen and oxygen atoms in total. The third kappa shape index (κ3) is 5.19. The molecule has 0 aliphatic carbocycles. The number of ether oxygens (including phenoxy) is 1. The Kier molecular flexibility index (Phi) is 6.01. The molecule has 2 N–H and O–H groups in total. The van der Waals surface area contributed by atoms with Crippen LogP contribution in [-0.4, -0.2) is 17.1 Å². The van der Waals surface area contributed by atoms with E-state index in [9.17, 15) is 9.90 Å². The van der Waals surface area contributed by atoms with Crippen molar-refractivity contribution in [3.8, 4) is 11.5 Å². The summed E-state index contributed by atoms with van der Waals surface area (Å²) in [6, 6.07) is 26.2. The molecule has 0 radical (unpaired) electrons. The van der Waals surface area contributed by atoms with Crippen molar-refractivity contribution in [1.82, 2.24) is 5.32 Å². The summed E-state index contributed by atoms with van der Waals surface area (Å²) in [7, 11) is 0. The summed E-state index contributed by atoms with van der Waals surface area (Å²) in [5.41, 5.74) is 1.96. The Morgan fingerprint density at radius 2 is 1.46 bits per heavy atom. The van der Waals surface area contributed by atoms with Crippen molar-refractivity contribution in [1.29, 1.82) is 0 Å². The van der Waals surface area contributed by atoms with Crippen molar-refractivity contribution >= 4 is 5.97 Å². The molecule has 0 bridgehead atoms. The van der Waals surface area contributed by atoms with E-state index in [-0.39, 0.29) is 0 Å². The number of carboxylic acid groups (broad SMARTS) is 1. The predicted octanol–water partition coefficient (Wildman–Crippen LogP) is 4.26. The number of para-hydroxylation sites is 1. The van der Waals surface area contributed by atoms with Gasteiger partial charge in [-0.1, -0.05) is 60.7 Å². The maximum Gasteiger partial charge on any atom is 0.321 e. The Bertz CT molecular complexity index is 834. The van der Waals surface area contributed by atoms with E-state index >= 15 is 0 Å². The summed E-state index contributed by atoms with van der Waals surface area (Å²) >= 11 is 0. The highest BCUT2D eigenvalue weighted by Crippen LogP contribution is 2.21. The molecule has 0 fully saturated rings. The second-order valence-electron chi connectivity index (χ2n) is 6.02. The quantitative estimate of drug-likeness (QED) is 0.639. The summed E-state index contributed by atoms with van der Waals surface area (Å²) in [4.78, 5) is 11.5. The van der Waals surface area contributed by atoms with Crippen molar-refractivity contribution in [3.63, 3.8) is 0 Å². The Morgan fingerprint density at radius 3 is 2.15 bits per heavy atom. The first kappa shape index (κ1) is 17.7. The molecule has 132 valence electrons. The smallest absolute Gasteiger partial charge is 0.321 e. The minimum Gasteiger partial charge on any atom is -0.480 e. The average Bonchev–Trinajstić information content (AvgIpc) is 2.67. The van der Waals surface area contributed by atoms with Gasteiger partial charge >= 0.3 is 5.97 Å². The summed E-state index contributed by atoms with van der Waals surface area (Å²) in [5, 5.41) is 12.6. The first-order valence-corrected chi connectivity index (χ1v) is 8.52. The van der Waals surface area contributed by atoms with Gasteiger partial charge in [-0.15, -0.1) is 0 Å². The summed E-state index contributed by atoms with van der Waals surface area (Å²) in [5.74, 6) is 0.640. The van der Waals surface area contributed by atoms with Gasteiger partial charge < -0.3 is 15.2 Å². The summed E-state index contributed by atoms with van der Waals surface area (Å²) in [6.07, 6.45) is 0.441. The van der Waals surface area contributed by atoms with E-state index in [1.807, 2.05) is 84.9 Å². The molecule has 0 saturated heterocycles. The molecular formula is C22H21NO3. The maximum absolute atomic E-state index is 11.5. The van der Waals surface area contributed by atoms with Crippen molar-refractivity contribution in [2.24, 2.45) is 0 Å². The molecule has 3 aromatic carbocycles. The third-order valence-corrected chi connectivity index (χ3v) is 4.01. The standard InChI is InChI=1S/C22H21NO3/c24-22(25)21(15-17-8-3-1-4-9-17)23-16-18-10-7-13-20(14-18)26-19-11-5-2-6-12-19/h1-14,21,23H,15-16H2,(H,24,25). The molecule has 3 aromatic rings. The van der Waals surface area contributed by atoms with Gasteiger partial charge in [-0.2, -0.15) is 0 Å². The SMILES string of the molecule is O=C(O)C(Cc1ccccc1)NCc1cccc(Oc2ccccc2)c1. The highest BCUT2D eigenvalue weighted by atomic mass is 16.5. The number of carbonyl (C=O) groups is 1. The first-order chi connectivity index (χ1) is 12.7. The second-order valence-corrected chi connectivity index (χ2v) is 6.02. The fourth-order valence-electron chi connectivity index (χ4n) is 2.68.